The van der Waals surface area contributed by atoms with Gasteiger partial charge in [-0.05, 0) is 19.8 Å². The van der Waals surface area contributed by atoms with Gasteiger partial charge in [-0.3, -0.25) is 4.90 Å². The van der Waals surface area contributed by atoms with E-state index in [1.165, 1.54) is 32.1 Å². The lowest BCUT2D eigenvalue weighted by molar-refractivity contribution is -0.107. The fraction of sp³-hybridized carbons (Fsp3) is 1.00. The predicted molar refractivity (Wildman–Crippen MR) is 49.1 cm³/mol. The van der Waals surface area contributed by atoms with Crippen LogP contribution in [0.5, 0.6) is 0 Å². The van der Waals surface area contributed by atoms with E-state index in [2.05, 4.69) is 4.90 Å². The molecule has 1 heterocycles. The van der Waals surface area contributed by atoms with Crippen molar-refractivity contribution in [3.8, 4) is 0 Å². The maximum Gasteiger partial charge on any atom is 0.0872 e. The Balaban J connectivity index is 1.79. The van der Waals surface area contributed by atoms with Crippen LogP contribution in [0.4, 0.5) is 0 Å². The molecule has 2 aliphatic rings. The monoisotopic (exact) mass is 169 g/mol. The van der Waals surface area contributed by atoms with Gasteiger partial charge >= 0.3 is 0 Å². The molecule has 2 nitrogen and oxygen atoms in total. The van der Waals surface area contributed by atoms with Crippen molar-refractivity contribution in [3.63, 3.8) is 0 Å². The third-order valence-corrected chi connectivity index (χ3v) is 3.18. The lowest BCUT2D eigenvalue weighted by Crippen LogP contribution is -2.63. The molecule has 12 heavy (non-hydrogen) atoms. The van der Waals surface area contributed by atoms with Gasteiger partial charge in [0.2, 0.25) is 0 Å². The minimum absolute atomic E-state index is 0.378. The zero-order chi connectivity index (χ0) is 8.60. The summed E-state index contributed by atoms with van der Waals surface area (Å²) in [7, 11) is 0. The summed E-state index contributed by atoms with van der Waals surface area (Å²) in [6.45, 7) is 3.74. The Morgan fingerprint density at radius 2 is 1.75 bits per heavy atom. The first-order chi connectivity index (χ1) is 5.67. The highest BCUT2D eigenvalue weighted by atomic mass is 16.3. The SMILES string of the molecule is CC1(O)CN(C2CCCCC2)C1. The smallest absolute Gasteiger partial charge is 0.0872 e. The predicted octanol–water partition coefficient (Wildman–Crippen LogP) is 1.39. The maximum atomic E-state index is 9.57. The summed E-state index contributed by atoms with van der Waals surface area (Å²) in [6, 6.07) is 0.791. The lowest BCUT2D eigenvalue weighted by Gasteiger charge is -2.49. The van der Waals surface area contributed by atoms with Crippen LogP contribution in [0, 0.1) is 0 Å². The third kappa shape index (κ3) is 1.64. The number of hydrogen-bond donors (Lipinski definition) is 1. The van der Waals surface area contributed by atoms with Crippen LogP contribution < -0.4 is 0 Å². The molecule has 0 aromatic carbocycles. The summed E-state index contributed by atoms with van der Waals surface area (Å²) >= 11 is 0. The largest absolute Gasteiger partial charge is 0.388 e. The molecule has 0 aromatic rings. The Hall–Kier alpha value is -0.0800. The molecule has 70 valence electrons. The Morgan fingerprint density at radius 3 is 2.25 bits per heavy atom. The molecular formula is C10H19NO. The first-order valence-electron chi connectivity index (χ1n) is 5.14. The Bertz CT molecular complexity index is 153. The van der Waals surface area contributed by atoms with Crippen LogP contribution in [0.2, 0.25) is 0 Å². The highest BCUT2D eigenvalue weighted by Crippen LogP contribution is 2.29. The van der Waals surface area contributed by atoms with Gasteiger partial charge in [0, 0.05) is 19.1 Å². The van der Waals surface area contributed by atoms with Crippen molar-refractivity contribution >= 4 is 0 Å². The Morgan fingerprint density at radius 1 is 1.17 bits per heavy atom. The molecule has 0 amide bonds. The van der Waals surface area contributed by atoms with Crippen LogP contribution in [0.1, 0.15) is 39.0 Å². The van der Waals surface area contributed by atoms with Gasteiger partial charge in [0.05, 0.1) is 5.60 Å². The quantitative estimate of drug-likeness (QED) is 0.641. The van der Waals surface area contributed by atoms with Crippen molar-refractivity contribution in [1.82, 2.24) is 4.90 Å². The van der Waals surface area contributed by atoms with E-state index < -0.39 is 0 Å². The Kier molecular flexibility index (Phi) is 2.13. The van der Waals surface area contributed by atoms with Crippen LogP contribution >= 0.6 is 0 Å². The van der Waals surface area contributed by atoms with Crippen molar-refractivity contribution in [2.24, 2.45) is 0 Å². The van der Waals surface area contributed by atoms with Crippen molar-refractivity contribution < 1.29 is 5.11 Å². The van der Waals surface area contributed by atoms with E-state index in [0.717, 1.165) is 19.1 Å². The number of β-amino-alcohol motifs (C(OH)–C–C–N with tert-alkyl or cyclic N) is 1. The molecule has 0 bridgehead atoms. The standard InChI is InChI=1S/C10H19NO/c1-10(12)7-11(8-10)9-5-3-2-4-6-9/h9,12H,2-8H2,1H3. The van der Waals surface area contributed by atoms with Gasteiger partial charge in [-0.15, -0.1) is 0 Å². The zero-order valence-electron chi connectivity index (χ0n) is 7.92. The average Bonchev–Trinajstić information content (AvgIpc) is 2.02. The minimum Gasteiger partial charge on any atom is -0.388 e. The number of likely N-dealkylation sites (tertiary alicyclic amines) is 1. The van der Waals surface area contributed by atoms with Gasteiger partial charge in [0.25, 0.3) is 0 Å². The van der Waals surface area contributed by atoms with Gasteiger partial charge in [-0.1, -0.05) is 19.3 Å². The van der Waals surface area contributed by atoms with Gasteiger partial charge in [-0.2, -0.15) is 0 Å². The molecular weight excluding hydrogens is 150 g/mol. The highest BCUT2D eigenvalue weighted by molar-refractivity contribution is 4.95. The Labute approximate surface area is 74.6 Å². The molecule has 0 unspecified atom stereocenters. The average molecular weight is 169 g/mol. The van der Waals surface area contributed by atoms with Crippen molar-refractivity contribution in [2.45, 2.75) is 50.7 Å². The summed E-state index contributed by atoms with van der Waals surface area (Å²) < 4.78 is 0. The molecule has 2 heteroatoms. The first kappa shape index (κ1) is 8.52. The summed E-state index contributed by atoms with van der Waals surface area (Å²) in [4.78, 5) is 2.44. The van der Waals surface area contributed by atoms with E-state index in [0.29, 0.717) is 0 Å². The van der Waals surface area contributed by atoms with Gasteiger partial charge in [0.15, 0.2) is 0 Å². The second-order valence-electron chi connectivity index (χ2n) is 4.69. The first-order valence-corrected chi connectivity index (χ1v) is 5.14. The number of aliphatic hydroxyl groups is 1. The normalized spacial score (nSPS) is 31.5. The van der Waals surface area contributed by atoms with E-state index in [1.54, 1.807) is 0 Å². The maximum absolute atomic E-state index is 9.57. The summed E-state index contributed by atoms with van der Waals surface area (Å²) in [5, 5.41) is 9.57. The van der Waals surface area contributed by atoms with Crippen LogP contribution in [0.3, 0.4) is 0 Å². The van der Waals surface area contributed by atoms with E-state index >= 15 is 0 Å². The lowest BCUT2D eigenvalue weighted by atomic mass is 9.88. The summed E-state index contributed by atoms with van der Waals surface area (Å²) in [6.07, 6.45) is 6.92. The topological polar surface area (TPSA) is 23.5 Å². The zero-order valence-corrected chi connectivity index (χ0v) is 7.92. The number of nitrogens with zero attached hydrogens (tertiary/aromatic N) is 1. The molecule has 0 aromatic heterocycles. The highest BCUT2D eigenvalue weighted by Gasteiger charge is 2.40. The van der Waals surface area contributed by atoms with E-state index in [4.69, 9.17) is 0 Å². The van der Waals surface area contributed by atoms with E-state index in [1.807, 2.05) is 6.92 Å². The van der Waals surface area contributed by atoms with Gasteiger partial charge < -0.3 is 5.11 Å². The van der Waals surface area contributed by atoms with Crippen molar-refractivity contribution in [2.75, 3.05) is 13.1 Å². The van der Waals surface area contributed by atoms with Crippen LogP contribution in [0.15, 0.2) is 0 Å². The molecule has 0 atom stereocenters. The van der Waals surface area contributed by atoms with Crippen LogP contribution in [-0.4, -0.2) is 34.7 Å². The summed E-state index contributed by atoms with van der Waals surface area (Å²) in [5.74, 6) is 0. The van der Waals surface area contributed by atoms with Gasteiger partial charge in [-0.25, -0.2) is 0 Å². The van der Waals surface area contributed by atoms with Gasteiger partial charge in [0.1, 0.15) is 0 Å². The second-order valence-corrected chi connectivity index (χ2v) is 4.69. The van der Waals surface area contributed by atoms with E-state index in [9.17, 15) is 5.11 Å². The minimum atomic E-state index is -0.378. The van der Waals surface area contributed by atoms with Crippen molar-refractivity contribution in [1.29, 1.82) is 0 Å². The summed E-state index contributed by atoms with van der Waals surface area (Å²) in [5.41, 5.74) is -0.378. The molecule has 1 aliphatic carbocycles. The molecule has 2 rings (SSSR count). The van der Waals surface area contributed by atoms with Crippen molar-refractivity contribution in [3.05, 3.63) is 0 Å². The molecule has 0 radical (unpaired) electrons. The fourth-order valence-corrected chi connectivity index (χ4v) is 2.53. The molecule has 0 spiro atoms. The third-order valence-electron chi connectivity index (χ3n) is 3.18. The molecule has 2 fully saturated rings. The molecule has 1 aliphatic heterocycles. The molecule has 1 N–H and O–H groups in total. The second kappa shape index (κ2) is 3.00. The fourth-order valence-electron chi connectivity index (χ4n) is 2.53. The molecule has 1 saturated heterocycles. The number of rotatable bonds is 1. The van der Waals surface area contributed by atoms with Crippen LogP contribution in [-0.2, 0) is 0 Å². The number of hydrogen-bond acceptors (Lipinski definition) is 2. The van der Waals surface area contributed by atoms with Crippen LogP contribution in [0.25, 0.3) is 0 Å². The van der Waals surface area contributed by atoms with E-state index in [-0.39, 0.29) is 5.60 Å². The molecule has 1 saturated carbocycles.